The van der Waals surface area contributed by atoms with Gasteiger partial charge in [-0.2, -0.15) is 0 Å². The Balaban J connectivity index is 1.51. The number of benzene rings is 2. The second kappa shape index (κ2) is 6.79. The van der Waals surface area contributed by atoms with Gasteiger partial charge in [0.05, 0.1) is 9.52 Å². The molecule has 2 unspecified atom stereocenters. The van der Waals surface area contributed by atoms with Crippen LogP contribution in [0.4, 0.5) is 0 Å². The molecular formula is C26H24SSi. The molecule has 5 rings (SSSR count). The van der Waals surface area contributed by atoms with Crippen molar-refractivity contribution in [3.05, 3.63) is 97.5 Å². The maximum absolute atomic E-state index is 2.50. The molecule has 138 valence electrons. The van der Waals surface area contributed by atoms with Crippen LogP contribution in [0, 0.1) is 5.92 Å². The topological polar surface area (TPSA) is 0 Å². The molecule has 2 radical (unpaired) electrons. The molecule has 2 atom stereocenters. The van der Waals surface area contributed by atoms with Crippen LogP contribution in [0.15, 0.2) is 86.3 Å². The Morgan fingerprint density at radius 2 is 1.61 bits per heavy atom. The molecule has 0 saturated carbocycles. The molecule has 0 amide bonds. The fourth-order valence-corrected chi connectivity index (χ4v) is 7.74. The predicted octanol–water partition coefficient (Wildman–Crippen LogP) is 7.34. The summed E-state index contributed by atoms with van der Waals surface area (Å²) in [6.07, 6.45) is 4.92. The van der Waals surface area contributed by atoms with E-state index < -0.39 is 0 Å². The van der Waals surface area contributed by atoms with Gasteiger partial charge in [0.15, 0.2) is 0 Å². The van der Waals surface area contributed by atoms with Gasteiger partial charge in [-0.15, -0.1) is 0 Å². The number of allylic oxidation sites excluding steroid dienone is 7. The fraction of sp³-hybridized carbons (Fsp3) is 0.231. The van der Waals surface area contributed by atoms with Gasteiger partial charge in [0, 0.05) is 16.4 Å². The lowest BCUT2D eigenvalue weighted by molar-refractivity contribution is 0.901. The van der Waals surface area contributed by atoms with Crippen LogP contribution in [0.3, 0.4) is 0 Å². The van der Waals surface area contributed by atoms with Gasteiger partial charge in [-0.1, -0.05) is 94.4 Å². The molecule has 0 nitrogen and oxygen atoms in total. The average molecular weight is 397 g/mol. The highest BCUT2D eigenvalue weighted by atomic mass is 32.2. The summed E-state index contributed by atoms with van der Waals surface area (Å²) in [5.41, 5.74) is 10.8. The zero-order valence-electron chi connectivity index (χ0n) is 16.8. The monoisotopic (exact) mass is 396 g/mol. The quantitative estimate of drug-likeness (QED) is 0.489. The third-order valence-corrected chi connectivity index (χ3v) is 9.47. The molecule has 2 heteroatoms. The van der Waals surface area contributed by atoms with Crippen molar-refractivity contribution in [1.82, 2.24) is 0 Å². The van der Waals surface area contributed by atoms with Crippen LogP contribution in [0.25, 0.3) is 17.2 Å². The Kier molecular flexibility index (Phi) is 4.37. The number of hydrogen-bond donors (Lipinski definition) is 0. The van der Waals surface area contributed by atoms with Gasteiger partial charge in [-0.3, -0.25) is 0 Å². The zero-order valence-corrected chi connectivity index (χ0v) is 18.7. The van der Waals surface area contributed by atoms with Crippen LogP contribution in [0.5, 0.6) is 0 Å². The Morgan fingerprint density at radius 1 is 0.821 bits per heavy atom. The van der Waals surface area contributed by atoms with E-state index in [1.165, 1.54) is 32.7 Å². The first-order valence-corrected chi connectivity index (χ1v) is 11.8. The van der Waals surface area contributed by atoms with Crippen molar-refractivity contribution in [1.29, 1.82) is 0 Å². The second-order valence-corrected chi connectivity index (χ2v) is 10.8. The Bertz CT molecular complexity index is 1100. The molecule has 0 fully saturated rings. The highest BCUT2D eigenvalue weighted by molar-refractivity contribution is 8.07. The van der Waals surface area contributed by atoms with Crippen molar-refractivity contribution in [2.24, 2.45) is 5.92 Å². The van der Waals surface area contributed by atoms with Gasteiger partial charge in [0.2, 0.25) is 0 Å². The zero-order chi connectivity index (χ0) is 19.4. The van der Waals surface area contributed by atoms with Gasteiger partial charge in [-0.25, -0.2) is 0 Å². The van der Waals surface area contributed by atoms with Crippen molar-refractivity contribution in [3.63, 3.8) is 0 Å². The van der Waals surface area contributed by atoms with Crippen LogP contribution < -0.4 is 0 Å². The molecule has 0 saturated heterocycles. The first-order chi connectivity index (χ1) is 13.5. The van der Waals surface area contributed by atoms with E-state index in [-0.39, 0.29) is 0 Å². The van der Waals surface area contributed by atoms with E-state index in [1.807, 2.05) is 11.8 Å². The Hall–Kier alpha value is -2.03. The third kappa shape index (κ3) is 2.74. The van der Waals surface area contributed by atoms with Gasteiger partial charge in [0.1, 0.15) is 0 Å². The molecule has 2 aromatic rings. The van der Waals surface area contributed by atoms with Crippen molar-refractivity contribution >= 4 is 27.4 Å². The third-order valence-electron chi connectivity index (χ3n) is 6.35. The van der Waals surface area contributed by atoms with E-state index >= 15 is 0 Å². The van der Waals surface area contributed by atoms with E-state index in [2.05, 4.69) is 88.4 Å². The minimum absolute atomic E-state index is 0.523. The summed E-state index contributed by atoms with van der Waals surface area (Å²) in [4.78, 5) is 3.04. The van der Waals surface area contributed by atoms with E-state index in [0.717, 1.165) is 9.52 Å². The molecule has 0 N–H and O–H groups in total. The van der Waals surface area contributed by atoms with Crippen molar-refractivity contribution in [2.75, 3.05) is 0 Å². The average Bonchev–Trinajstić information content (AvgIpc) is 3.28. The van der Waals surface area contributed by atoms with Crippen LogP contribution in [-0.2, 0) is 0 Å². The molecule has 3 aliphatic rings. The van der Waals surface area contributed by atoms with E-state index in [0.29, 0.717) is 11.5 Å². The van der Waals surface area contributed by atoms with Crippen molar-refractivity contribution < 1.29 is 0 Å². The minimum Gasteiger partial charge on any atom is -0.0983 e. The molecule has 1 aliphatic heterocycles. The lowest BCUT2D eigenvalue weighted by Crippen LogP contribution is -2.11. The van der Waals surface area contributed by atoms with E-state index in [4.69, 9.17) is 0 Å². The standard InChI is InChI=1S/C26H24SSi/c1-15-13-22-20(19-9-6-5-7-10-19)11-8-12-21(22)26(15)28-24-14-23-25(17(24)3)16(2)18(4)27-23/h5-14,25-26H,1-4H3. The first kappa shape index (κ1) is 18.0. The molecule has 2 aliphatic carbocycles. The van der Waals surface area contributed by atoms with Crippen LogP contribution in [-0.4, -0.2) is 9.52 Å². The Morgan fingerprint density at radius 3 is 2.36 bits per heavy atom. The number of thioether (sulfide) groups is 1. The summed E-state index contributed by atoms with van der Waals surface area (Å²) in [7, 11) is 0.811. The second-order valence-electron chi connectivity index (χ2n) is 8.06. The lowest BCUT2D eigenvalue weighted by atomic mass is 9.96. The number of hydrogen-bond acceptors (Lipinski definition) is 1. The maximum atomic E-state index is 2.50. The summed E-state index contributed by atoms with van der Waals surface area (Å²) in [6.45, 7) is 9.24. The molecular weight excluding hydrogens is 372 g/mol. The summed E-state index contributed by atoms with van der Waals surface area (Å²) < 4.78 is 0. The van der Waals surface area contributed by atoms with Gasteiger partial charge in [-0.05, 0) is 54.9 Å². The molecule has 2 aromatic carbocycles. The number of fused-ring (bicyclic) bond motifs is 2. The van der Waals surface area contributed by atoms with Gasteiger partial charge < -0.3 is 0 Å². The molecule has 0 bridgehead atoms. The van der Waals surface area contributed by atoms with Crippen LogP contribution >= 0.6 is 11.8 Å². The summed E-state index contributed by atoms with van der Waals surface area (Å²) >= 11 is 1.98. The first-order valence-electron chi connectivity index (χ1n) is 9.95. The SMILES string of the molecule is CC1=Cc2c(-c3ccccc3)cccc2C1[Si]C1=C(C)C2C(=C1)SC(C)=C2C. The maximum Gasteiger partial charge on any atom is 0.0944 e. The smallest absolute Gasteiger partial charge is 0.0944 e. The predicted molar refractivity (Wildman–Crippen MR) is 124 cm³/mol. The van der Waals surface area contributed by atoms with Gasteiger partial charge in [0.25, 0.3) is 0 Å². The van der Waals surface area contributed by atoms with E-state index in [9.17, 15) is 0 Å². The van der Waals surface area contributed by atoms with E-state index in [1.54, 1.807) is 21.2 Å². The van der Waals surface area contributed by atoms with Crippen molar-refractivity contribution in [3.8, 4) is 11.1 Å². The largest absolute Gasteiger partial charge is 0.0983 e. The van der Waals surface area contributed by atoms with Crippen LogP contribution in [0.2, 0.25) is 0 Å². The molecule has 0 aromatic heterocycles. The normalized spacial score (nSPS) is 23.1. The number of rotatable bonds is 3. The Labute approximate surface area is 175 Å². The molecule has 0 spiro atoms. The van der Waals surface area contributed by atoms with Gasteiger partial charge >= 0.3 is 0 Å². The summed E-state index contributed by atoms with van der Waals surface area (Å²) in [5, 5.41) is 1.58. The lowest BCUT2D eigenvalue weighted by Gasteiger charge is -2.17. The molecule has 28 heavy (non-hydrogen) atoms. The summed E-state index contributed by atoms with van der Waals surface area (Å²) in [6, 6.07) is 17.6. The van der Waals surface area contributed by atoms with Crippen LogP contribution in [0.1, 0.15) is 44.4 Å². The van der Waals surface area contributed by atoms with Crippen molar-refractivity contribution in [2.45, 2.75) is 33.2 Å². The molecule has 1 heterocycles. The minimum atomic E-state index is 0.523. The highest BCUT2D eigenvalue weighted by Gasteiger charge is 2.35. The fourth-order valence-electron chi connectivity index (χ4n) is 4.72. The highest BCUT2D eigenvalue weighted by Crippen LogP contribution is 2.53. The summed E-state index contributed by atoms with van der Waals surface area (Å²) in [5.74, 6) is 0.563.